The largest absolute Gasteiger partial charge is 0.385 e. The van der Waals surface area contributed by atoms with E-state index in [0.29, 0.717) is 12.2 Å². The molecule has 2 rings (SSSR count). The van der Waals surface area contributed by atoms with Crippen LogP contribution in [0.4, 0.5) is 5.69 Å². The quantitative estimate of drug-likeness (QED) is 0.679. The number of carbonyl (C=O) groups is 1. The molecule has 2 aromatic rings. The number of carbonyl (C=O) groups excluding carboxylic acids is 1. The fourth-order valence-corrected chi connectivity index (χ4v) is 2.07. The molecule has 0 aliphatic carbocycles. The van der Waals surface area contributed by atoms with Gasteiger partial charge in [-0.3, -0.25) is 14.9 Å². The Kier molecular flexibility index (Phi) is 5.31. The van der Waals surface area contributed by atoms with Crippen molar-refractivity contribution in [2.24, 2.45) is 0 Å². The number of nitrogens with zero attached hydrogens (tertiary/aromatic N) is 2. The summed E-state index contributed by atoms with van der Waals surface area (Å²) in [6.45, 7) is 5.45. The summed E-state index contributed by atoms with van der Waals surface area (Å²) in [5.41, 5.74) is 3.62. The van der Waals surface area contributed by atoms with Gasteiger partial charge in [0.25, 0.3) is 5.91 Å². The van der Waals surface area contributed by atoms with Crippen LogP contribution in [0.2, 0.25) is 0 Å². The van der Waals surface area contributed by atoms with Gasteiger partial charge in [-0.1, -0.05) is 0 Å². The number of hydrogen-bond acceptors (Lipinski definition) is 4. The summed E-state index contributed by atoms with van der Waals surface area (Å²) in [6, 6.07) is 3.61. The number of hydrogen-bond donors (Lipinski definition) is 3. The van der Waals surface area contributed by atoms with Crippen LogP contribution in [0, 0.1) is 6.92 Å². The maximum absolute atomic E-state index is 12.0. The number of aromatic nitrogens is 3. The van der Waals surface area contributed by atoms with Gasteiger partial charge < -0.3 is 10.6 Å². The third-order valence-electron chi connectivity index (χ3n) is 3.22. The van der Waals surface area contributed by atoms with Gasteiger partial charge in [-0.05, 0) is 44.4 Å². The van der Waals surface area contributed by atoms with E-state index >= 15 is 0 Å². The van der Waals surface area contributed by atoms with Gasteiger partial charge >= 0.3 is 0 Å². The SMILES string of the molecule is CCNc1ccnc(C(=O)NCCCc2cn[nH]c2C)c1. The van der Waals surface area contributed by atoms with Crippen molar-refractivity contribution >= 4 is 11.6 Å². The Hall–Kier alpha value is -2.37. The molecular weight excluding hydrogens is 266 g/mol. The van der Waals surface area contributed by atoms with Gasteiger partial charge in [0.2, 0.25) is 0 Å². The average Bonchev–Trinajstić information content (AvgIpc) is 2.89. The standard InChI is InChI=1S/C15H21N5O/c1-3-16-13-6-8-17-14(9-13)15(21)18-7-4-5-12-10-19-20-11(12)2/h6,8-10H,3-5,7H2,1-2H3,(H,16,17)(H,18,21)(H,19,20). The molecule has 0 saturated carbocycles. The third-order valence-corrected chi connectivity index (χ3v) is 3.22. The van der Waals surface area contributed by atoms with E-state index in [-0.39, 0.29) is 5.91 Å². The molecular formula is C15H21N5O. The maximum Gasteiger partial charge on any atom is 0.269 e. The fraction of sp³-hybridized carbons (Fsp3) is 0.400. The van der Waals surface area contributed by atoms with E-state index in [1.807, 2.05) is 26.1 Å². The lowest BCUT2D eigenvalue weighted by atomic mass is 10.1. The summed E-state index contributed by atoms with van der Waals surface area (Å²) in [5, 5.41) is 12.9. The Bertz CT molecular complexity index is 593. The van der Waals surface area contributed by atoms with Gasteiger partial charge in [-0.25, -0.2) is 0 Å². The van der Waals surface area contributed by atoms with Crippen LogP contribution >= 0.6 is 0 Å². The van der Waals surface area contributed by atoms with Crippen LogP contribution in [0.15, 0.2) is 24.5 Å². The summed E-state index contributed by atoms with van der Waals surface area (Å²) >= 11 is 0. The molecule has 6 nitrogen and oxygen atoms in total. The first-order chi connectivity index (χ1) is 10.2. The van der Waals surface area contributed by atoms with Crippen molar-refractivity contribution in [1.82, 2.24) is 20.5 Å². The highest BCUT2D eigenvalue weighted by atomic mass is 16.1. The van der Waals surface area contributed by atoms with Gasteiger partial charge in [0.1, 0.15) is 5.69 Å². The zero-order chi connectivity index (χ0) is 15.1. The van der Waals surface area contributed by atoms with Crippen molar-refractivity contribution < 1.29 is 4.79 Å². The number of anilines is 1. The van der Waals surface area contributed by atoms with Crippen molar-refractivity contribution in [3.8, 4) is 0 Å². The molecule has 2 aromatic heterocycles. The highest BCUT2D eigenvalue weighted by Crippen LogP contribution is 2.08. The molecule has 0 aromatic carbocycles. The third kappa shape index (κ3) is 4.30. The second kappa shape index (κ2) is 7.42. The minimum atomic E-state index is -0.140. The van der Waals surface area contributed by atoms with Gasteiger partial charge in [-0.15, -0.1) is 0 Å². The lowest BCUT2D eigenvalue weighted by Gasteiger charge is -2.07. The van der Waals surface area contributed by atoms with E-state index in [1.54, 1.807) is 12.3 Å². The summed E-state index contributed by atoms with van der Waals surface area (Å²) in [7, 11) is 0. The number of pyridine rings is 1. The molecule has 21 heavy (non-hydrogen) atoms. The topological polar surface area (TPSA) is 82.7 Å². The lowest BCUT2D eigenvalue weighted by molar-refractivity contribution is 0.0948. The Balaban J connectivity index is 1.79. The molecule has 0 aliphatic rings. The number of aryl methyl sites for hydroxylation is 2. The van der Waals surface area contributed by atoms with Gasteiger partial charge in [0, 0.05) is 30.7 Å². The van der Waals surface area contributed by atoms with E-state index in [2.05, 4.69) is 25.8 Å². The van der Waals surface area contributed by atoms with E-state index in [0.717, 1.165) is 30.8 Å². The summed E-state index contributed by atoms with van der Waals surface area (Å²) in [4.78, 5) is 16.1. The molecule has 112 valence electrons. The molecule has 0 saturated heterocycles. The zero-order valence-electron chi connectivity index (χ0n) is 12.4. The monoisotopic (exact) mass is 287 g/mol. The number of amides is 1. The molecule has 0 aliphatic heterocycles. The highest BCUT2D eigenvalue weighted by molar-refractivity contribution is 5.93. The maximum atomic E-state index is 12.0. The highest BCUT2D eigenvalue weighted by Gasteiger charge is 2.07. The van der Waals surface area contributed by atoms with Crippen LogP contribution in [0.25, 0.3) is 0 Å². The molecule has 0 fully saturated rings. The summed E-state index contributed by atoms with van der Waals surface area (Å²) in [6.07, 6.45) is 5.24. The summed E-state index contributed by atoms with van der Waals surface area (Å²) < 4.78 is 0. The molecule has 0 radical (unpaired) electrons. The number of rotatable bonds is 7. The predicted octanol–water partition coefficient (Wildman–Crippen LogP) is 1.91. The second-order valence-corrected chi connectivity index (χ2v) is 4.84. The molecule has 2 heterocycles. The second-order valence-electron chi connectivity index (χ2n) is 4.84. The molecule has 0 atom stereocenters. The first-order valence-corrected chi connectivity index (χ1v) is 7.17. The molecule has 0 unspecified atom stereocenters. The van der Waals surface area contributed by atoms with E-state index in [4.69, 9.17) is 0 Å². The van der Waals surface area contributed by atoms with Crippen LogP contribution < -0.4 is 10.6 Å². The minimum Gasteiger partial charge on any atom is -0.385 e. The van der Waals surface area contributed by atoms with Crippen LogP contribution in [-0.2, 0) is 6.42 Å². The van der Waals surface area contributed by atoms with Crippen LogP contribution in [0.1, 0.15) is 35.1 Å². The van der Waals surface area contributed by atoms with E-state index in [1.165, 1.54) is 5.56 Å². The van der Waals surface area contributed by atoms with Gasteiger partial charge in [0.15, 0.2) is 0 Å². The van der Waals surface area contributed by atoms with Crippen LogP contribution in [0.5, 0.6) is 0 Å². The van der Waals surface area contributed by atoms with Gasteiger partial charge in [0.05, 0.1) is 6.20 Å². The van der Waals surface area contributed by atoms with Crippen molar-refractivity contribution in [2.75, 3.05) is 18.4 Å². The van der Waals surface area contributed by atoms with Crippen LogP contribution in [-0.4, -0.2) is 34.2 Å². The Labute approximate surface area is 124 Å². The zero-order valence-corrected chi connectivity index (χ0v) is 12.4. The van der Waals surface area contributed by atoms with Crippen molar-refractivity contribution in [3.63, 3.8) is 0 Å². The van der Waals surface area contributed by atoms with Crippen molar-refractivity contribution in [1.29, 1.82) is 0 Å². The fourth-order valence-electron chi connectivity index (χ4n) is 2.07. The normalized spacial score (nSPS) is 10.4. The van der Waals surface area contributed by atoms with Crippen molar-refractivity contribution in [3.05, 3.63) is 41.5 Å². The molecule has 3 N–H and O–H groups in total. The molecule has 0 spiro atoms. The van der Waals surface area contributed by atoms with Gasteiger partial charge in [-0.2, -0.15) is 5.10 Å². The Morgan fingerprint density at radius 1 is 1.43 bits per heavy atom. The van der Waals surface area contributed by atoms with Crippen LogP contribution in [0.3, 0.4) is 0 Å². The van der Waals surface area contributed by atoms with E-state index in [9.17, 15) is 4.79 Å². The van der Waals surface area contributed by atoms with Crippen molar-refractivity contribution in [2.45, 2.75) is 26.7 Å². The summed E-state index contributed by atoms with van der Waals surface area (Å²) in [5.74, 6) is -0.140. The smallest absolute Gasteiger partial charge is 0.269 e. The van der Waals surface area contributed by atoms with E-state index < -0.39 is 0 Å². The average molecular weight is 287 g/mol. The molecule has 1 amide bonds. The Morgan fingerprint density at radius 2 is 2.29 bits per heavy atom. The first-order valence-electron chi connectivity index (χ1n) is 7.17. The Morgan fingerprint density at radius 3 is 3.00 bits per heavy atom. The minimum absolute atomic E-state index is 0.140. The molecule has 0 bridgehead atoms. The molecule has 6 heteroatoms. The first kappa shape index (κ1) is 15.0. The lowest BCUT2D eigenvalue weighted by Crippen LogP contribution is -2.25. The predicted molar refractivity (Wildman–Crippen MR) is 82.4 cm³/mol. The number of H-pyrrole nitrogens is 1. The number of nitrogens with one attached hydrogen (secondary N) is 3. The number of aromatic amines is 1.